The number of carboxylic acids is 1. The molecule has 0 bridgehead atoms. The molecule has 1 rings (SSSR count). The van der Waals surface area contributed by atoms with Gasteiger partial charge in [0.2, 0.25) is 0 Å². The standard InChI is InChI=1S/C15H21BrN2O3/c1-8-6-10(16)7-9(2)11(8)17-14(21)18-12(13(19)20)15(3,4)5/h6-7,12H,1-5H3,(H,19,20)(H2,17,18,21)/t12-/m1/s1. The number of benzene rings is 1. The highest BCUT2D eigenvalue weighted by Gasteiger charge is 2.32. The Hall–Kier alpha value is -1.56. The molecule has 6 heteroatoms. The lowest BCUT2D eigenvalue weighted by atomic mass is 9.87. The van der Waals surface area contributed by atoms with E-state index >= 15 is 0 Å². The van der Waals surface area contributed by atoms with Gasteiger partial charge in [0, 0.05) is 10.2 Å². The van der Waals surface area contributed by atoms with E-state index in [1.807, 2.05) is 26.0 Å². The van der Waals surface area contributed by atoms with E-state index in [0.29, 0.717) is 5.69 Å². The molecule has 0 radical (unpaired) electrons. The van der Waals surface area contributed by atoms with Crippen molar-refractivity contribution in [3.8, 4) is 0 Å². The molecular formula is C15H21BrN2O3. The summed E-state index contributed by atoms with van der Waals surface area (Å²) < 4.78 is 0.932. The third-order valence-corrected chi connectivity index (χ3v) is 3.58. The molecule has 1 atom stereocenters. The normalized spacial score (nSPS) is 12.7. The van der Waals surface area contributed by atoms with Gasteiger partial charge in [0.05, 0.1) is 0 Å². The highest BCUT2D eigenvalue weighted by Crippen LogP contribution is 2.25. The largest absolute Gasteiger partial charge is 0.480 e. The van der Waals surface area contributed by atoms with E-state index in [4.69, 9.17) is 0 Å². The van der Waals surface area contributed by atoms with Crippen molar-refractivity contribution in [2.24, 2.45) is 5.41 Å². The summed E-state index contributed by atoms with van der Waals surface area (Å²) in [6.45, 7) is 9.06. The molecule has 1 aromatic carbocycles. The zero-order valence-corrected chi connectivity index (χ0v) is 14.5. The molecular weight excluding hydrogens is 336 g/mol. The Bertz CT molecular complexity index is 542. The van der Waals surface area contributed by atoms with E-state index in [-0.39, 0.29) is 0 Å². The number of halogens is 1. The fraction of sp³-hybridized carbons (Fsp3) is 0.467. The van der Waals surface area contributed by atoms with E-state index in [1.54, 1.807) is 20.8 Å². The van der Waals surface area contributed by atoms with Gasteiger partial charge in [-0.3, -0.25) is 0 Å². The van der Waals surface area contributed by atoms with Gasteiger partial charge in [-0.05, 0) is 42.5 Å². The quantitative estimate of drug-likeness (QED) is 0.772. The summed E-state index contributed by atoms with van der Waals surface area (Å²) in [6, 6.07) is 2.29. The SMILES string of the molecule is Cc1cc(Br)cc(C)c1NC(=O)N[C@H](C(=O)O)C(C)(C)C. The maximum absolute atomic E-state index is 12.1. The van der Waals surface area contributed by atoms with E-state index in [1.165, 1.54) is 0 Å². The molecule has 0 fully saturated rings. The van der Waals surface area contributed by atoms with Gasteiger partial charge in [-0.25, -0.2) is 9.59 Å². The summed E-state index contributed by atoms with van der Waals surface area (Å²) in [5.41, 5.74) is 1.92. The summed E-state index contributed by atoms with van der Waals surface area (Å²) in [7, 11) is 0. The molecule has 0 aliphatic rings. The van der Waals surface area contributed by atoms with Crippen LogP contribution in [0.5, 0.6) is 0 Å². The third-order valence-electron chi connectivity index (χ3n) is 3.12. The van der Waals surface area contributed by atoms with Crippen molar-refractivity contribution in [1.82, 2.24) is 5.32 Å². The van der Waals surface area contributed by atoms with Crippen LogP contribution in [0, 0.1) is 19.3 Å². The first-order valence-corrected chi connectivity index (χ1v) is 7.38. The molecule has 1 aromatic rings. The van der Waals surface area contributed by atoms with Gasteiger partial charge < -0.3 is 15.7 Å². The van der Waals surface area contributed by atoms with Crippen molar-refractivity contribution in [1.29, 1.82) is 0 Å². The van der Waals surface area contributed by atoms with Gasteiger partial charge in [-0.15, -0.1) is 0 Å². The maximum atomic E-state index is 12.1. The average Bonchev–Trinajstić information content (AvgIpc) is 2.28. The highest BCUT2D eigenvalue weighted by atomic mass is 79.9. The monoisotopic (exact) mass is 356 g/mol. The third kappa shape index (κ3) is 4.74. The maximum Gasteiger partial charge on any atom is 0.326 e. The van der Waals surface area contributed by atoms with Crippen LogP contribution in [-0.4, -0.2) is 23.1 Å². The van der Waals surface area contributed by atoms with Crippen LogP contribution >= 0.6 is 15.9 Å². The summed E-state index contributed by atoms with van der Waals surface area (Å²) in [5.74, 6) is -1.05. The van der Waals surface area contributed by atoms with Crippen LogP contribution in [0.25, 0.3) is 0 Å². The van der Waals surface area contributed by atoms with E-state index in [0.717, 1.165) is 15.6 Å². The molecule has 0 unspecified atom stereocenters. The molecule has 0 aliphatic heterocycles. The number of carbonyl (C=O) groups is 2. The molecule has 21 heavy (non-hydrogen) atoms. The van der Waals surface area contributed by atoms with E-state index in [9.17, 15) is 14.7 Å². The number of hydrogen-bond acceptors (Lipinski definition) is 2. The lowest BCUT2D eigenvalue weighted by Crippen LogP contribution is -2.50. The number of nitrogens with one attached hydrogen (secondary N) is 2. The van der Waals surface area contributed by atoms with Gasteiger partial charge in [0.25, 0.3) is 0 Å². The predicted octanol–water partition coefficient (Wildman–Crippen LogP) is 3.69. The first-order chi connectivity index (χ1) is 9.52. The zero-order chi connectivity index (χ0) is 16.4. The molecule has 2 amide bonds. The van der Waals surface area contributed by atoms with Crippen LogP contribution in [-0.2, 0) is 4.79 Å². The van der Waals surface area contributed by atoms with Gasteiger partial charge in [0.15, 0.2) is 0 Å². The number of aliphatic carboxylic acids is 1. The molecule has 0 heterocycles. The number of carboxylic acid groups (broad SMARTS) is 1. The Morgan fingerprint density at radius 2 is 1.67 bits per heavy atom. The summed E-state index contributed by atoms with van der Waals surface area (Å²) in [5, 5.41) is 14.5. The number of amides is 2. The second kappa shape index (κ2) is 6.47. The first kappa shape index (κ1) is 17.5. The Labute approximate surface area is 133 Å². The van der Waals surface area contributed by atoms with Crippen LogP contribution in [0.15, 0.2) is 16.6 Å². The number of carbonyl (C=O) groups excluding carboxylic acids is 1. The first-order valence-electron chi connectivity index (χ1n) is 6.59. The lowest BCUT2D eigenvalue weighted by Gasteiger charge is -2.28. The minimum Gasteiger partial charge on any atom is -0.480 e. The number of aryl methyl sites for hydroxylation is 2. The van der Waals surface area contributed by atoms with Gasteiger partial charge in [-0.2, -0.15) is 0 Å². The average molecular weight is 357 g/mol. The molecule has 0 aromatic heterocycles. The van der Waals surface area contributed by atoms with Crippen molar-refractivity contribution in [3.05, 3.63) is 27.7 Å². The van der Waals surface area contributed by atoms with Crippen LogP contribution in [0.3, 0.4) is 0 Å². The van der Waals surface area contributed by atoms with Crippen LogP contribution < -0.4 is 10.6 Å². The van der Waals surface area contributed by atoms with E-state index in [2.05, 4.69) is 26.6 Å². The summed E-state index contributed by atoms with van der Waals surface area (Å²) in [4.78, 5) is 23.3. The summed E-state index contributed by atoms with van der Waals surface area (Å²) >= 11 is 3.39. The second-order valence-corrected chi connectivity index (χ2v) is 7.07. The number of urea groups is 1. The fourth-order valence-corrected chi connectivity index (χ4v) is 2.72. The molecule has 0 saturated heterocycles. The molecule has 3 N–H and O–H groups in total. The van der Waals surface area contributed by atoms with Crippen LogP contribution in [0.1, 0.15) is 31.9 Å². The van der Waals surface area contributed by atoms with Crippen molar-refractivity contribution >= 4 is 33.6 Å². The Morgan fingerprint density at radius 3 is 2.05 bits per heavy atom. The van der Waals surface area contributed by atoms with Crippen LogP contribution in [0.4, 0.5) is 10.5 Å². The van der Waals surface area contributed by atoms with E-state index < -0.39 is 23.5 Å². The Balaban J connectivity index is 2.90. The topological polar surface area (TPSA) is 78.4 Å². The smallest absolute Gasteiger partial charge is 0.326 e. The molecule has 5 nitrogen and oxygen atoms in total. The van der Waals surface area contributed by atoms with Crippen molar-refractivity contribution < 1.29 is 14.7 Å². The fourth-order valence-electron chi connectivity index (χ4n) is 2.04. The van der Waals surface area contributed by atoms with Crippen molar-refractivity contribution in [3.63, 3.8) is 0 Å². The van der Waals surface area contributed by atoms with Crippen LogP contribution in [0.2, 0.25) is 0 Å². The van der Waals surface area contributed by atoms with Crippen molar-refractivity contribution in [2.75, 3.05) is 5.32 Å². The second-order valence-electron chi connectivity index (χ2n) is 6.15. The molecule has 116 valence electrons. The lowest BCUT2D eigenvalue weighted by molar-refractivity contribution is -0.141. The van der Waals surface area contributed by atoms with Gasteiger partial charge in [0.1, 0.15) is 6.04 Å². The highest BCUT2D eigenvalue weighted by molar-refractivity contribution is 9.10. The molecule has 0 spiro atoms. The van der Waals surface area contributed by atoms with Crippen molar-refractivity contribution in [2.45, 2.75) is 40.7 Å². The predicted molar refractivity (Wildman–Crippen MR) is 86.6 cm³/mol. The number of anilines is 1. The number of hydrogen-bond donors (Lipinski definition) is 3. The summed E-state index contributed by atoms with van der Waals surface area (Å²) in [6.07, 6.45) is 0. The Kier molecular flexibility index (Phi) is 5.39. The Morgan fingerprint density at radius 1 is 1.19 bits per heavy atom. The van der Waals surface area contributed by atoms with Gasteiger partial charge >= 0.3 is 12.0 Å². The minimum absolute atomic E-state index is 0.522. The number of rotatable bonds is 3. The molecule has 0 aliphatic carbocycles. The zero-order valence-electron chi connectivity index (χ0n) is 12.9. The minimum atomic E-state index is -1.05. The molecule has 0 saturated carbocycles. The van der Waals surface area contributed by atoms with Gasteiger partial charge in [-0.1, -0.05) is 36.7 Å².